The predicted octanol–water partition coefficient (Wildman–Crippen LogP) is 4.86. The van der Waals surface area contributed by atoms with E-state index in [2.05, 4.69) is 51.7 Å². The summed E-state index contributed by atoms with van der Waals surface area (Å²) < 4.78 is 5.67. The van der Waals surface area contributed by atoms with Crippen molar-refractivity contribution >= 4 is 17.7 Å². The van der Waals surface area contributed by atoms with Crippen LogP contribution in [-0.4, -0.2) is 15.8 Å². The summed E-state index contributed by atoms with van der Waals surface area (Å²) in [4.78, 5) is 12.0. The average Bonchev–Trinajstić information content (AvgIpc) is 2.90. The van der Waals surface area contributed by atoms with E-state index in [4.69, 9.17) is 9.52 Å². The molecule has 3 rings (SSSR count). The number of aliphatic carboxylic acids is 1. The lowest BCUT2D eigenvalue weighted by atomic mass is 9.76. The van der Waals surface area contributed by atoms with Crippen LogP contribution in [0, 0.1) is 11.8 Å². The molecule has 0 atom stereocenters. The number of hydrogen-bond donors (Lipinski definition) is 1. The van der Waals surface area contributed by atoms with Gasteiger partial charge in [-0.15, -0.1) is 11.8 Å². The number of carbonyl (C=O) groups is 1. The average molecular weight is 354 g/mol. The smallest absolute Gasteiger partial charge is 0.311 e. The molecule has 0 amide bonds. The largest absolute Gasteiger partial charge is 0.481 e. The molecule has 1 aliphatic rings. The molecular weight excluding hydrogens is 332 g/mol. The molecule has 1 aliphatic heterocycles. The lowest BCUT2D eigenvalue weighted by Crippen LogP contribution is -2.33. The SMILES string of the molecule is CC1(C)CC(C)(C)c2cc(C#Cc3ccc(CC(=O)O)o3)ccc2S1. The van der Waals surface area contributed by atoms with Crippen molar-refractivity contribution in [2.24, 2.45) is 0 Å². The Balaban J connectivity index is 1.87. The van der Waals surface area contributed by atoms with Gasteiger partial charge < -0.3 is 9.52 Å². The van der Waals surface area contributed by atoms with Gasteiger partial charge in [0, 0.05) is 15.2 Å². The van der Waals surface area contributed by atoms with E-state index in [1.807, 2.05) is 17.8 Å². The fourth-order valence-electron chi connectivity index (χ4n) is 3.54. The molecule has 2 aromatic rings. The lowest BCUT2D eigenvalue weighted by Gasteiger charge is -2.41. The molecule has 2 heterocycles. The molecule has 0 aliphatic carbocycles. The third-order valence-electron chi connectivity index (χ3n) is 4.28. The molecule has 25 heavy (non-hydrogen) atoms. The number of rotatable bonds is 2. The summed E-state index contributed by atoms with van der Waals surface area (Å²) in [7, 11) is 0. The molecule has 0 bridgehead atoms. The van der Waals surface area contributed by atoms with Crippen molar-refractivity contribution in [2.45, 2.75) is 55.6 Å². The number of furan rings is 1. The Kier molecular flexibility index (Phi) is 4.47. The zero-order valence-corrected chi connectivity index (χ0v) is 15.8. The van der Waals surface area contributed by atoms with Gasteiger partial charge in [0.2, 0.25) is 0 Å². The number of benzene rings is 1. The minimum absolute atomic E-state index is 0.112. The number of hydrogen-bond acceptors (Lipinski definition) is 3. The van der Waals surface area contributed by atoms with Gasteiger partial charge in [0.25, 0.3) is 0 Å². The highest BCUT2D eigenvalue weighted by Gasteiger charge is 2.37. The Labute approximate surface area is 152 Å². The maximum atomic E-state index is 10.7. The van der Waals surface area contributed by atoms with Crippen molar-refractivity contribution in [3.63, 3.8) is 0 Å². The Morgan fingerprint density at radius 3 is 2.68 bits per heavy atom. The number of carboxylic acid groups (broad SMARTS) is 1. The fourth-order valence-corrected chi connectivity index (χ4v) is 5.15. The van der Waals surface area contributed by atoms with E-state index in [-0.39, 0.29) is 16.6 Å². The highest BCUT2D eigenvalue weighted by Crippen LogP contribution is 2.50. The number of carboxylic acids is 1. The highest BCUT2D eigenvalue weighted by molar-refractivity contribution is 8.00. The summed E-state index contributed by atoms with van der Waals surface area (Å²) in [6, 6.07) is 9.74. The molecule has 3 nitrogen and oxygen atoms in total. The molecule has 0 spiro atoms. The molecule has 4 heteroatoms. The first-order valence-corrected chi connectivity index (χ1v) is 9.12. The van der Waals surface area contributed by atoms with Crippen molar-refractivity contribution in [1.82, 2.24) is 0 Å². The van der Waals surface area contributed by atoms with Gasteiger partial charge >= 0.3 is 5.97 Å². The summed E-state index contributed by atoms with van der Waals surface area (Å²) in [5, 5.41) is 8.78. The topological polar surface area (TPSA) is 50.4 Å². The van der Waals surface area contributed by atoms with Crippen LogP contribution in [0.3, 0.4) is 0 Å². The zero-order valence-electron chi connectivity index (χ0n) is 15.0. The quantitative estimate of drug-likeness (QED) is 0.783. The normalized spacial score (nSPS) is 17.3. The van der Waals surface area contributed by atoms with Crippen molar-refractivity contribution in [3.05, 3.63) is 53.0 Å². The molecule has 0 unspecified atom stereocenters. The first-order valence-electron chi connectivity index (χ1n) is 8.31. The molecule has 130 valence electrons. The summed E-state index contributed by atoms with van der Waals surface area (Å²) >= 11 is 1.93. The molecule has 0 fully saturated rings. The van der Waals surface area contributed by atoms with Crippen LogP contribution in [0.1, 0.15) is 56.8 Å². The van der Waals surface area contributed by atoms with E-state index in [0.29, 0.717) is 11.5 Å². The van der Waals surface area contributed by atoms with Gasteiger partial charge in [0.1, 0.15) is 12.2 Å². The molecule has 1 N–H and O–H groups in total. The van der Waals surface area contributed by atoms with Gasteiger partial charge in [-0.2, -0.15) is 0 Å². The molecule has 1 aromatic carbocycles. The van der Waals surface area contributed by atoms with Crippen LogP contribution in [-0.2, 0) is 16.6 Å². The third-order valence-corrected chi connectivity index (χ3v) is 5.55. The maximum absolute atomic E-state index is 10.7. The van der Waals surface area contributed by atoms with Gasteiger partial charge in [0.05, 0.1) is 0 Å². The van der Waals surface area contributed by atoms with E-state index in [0.717, 1.165) is 12.0 Å². The van der Waals surface area contributed by atoms with Crippen LogP contribution in [0.25, 0.3) is 0 Å². The van der Waals surface area contributed by atoms with E-state index >= 15 is 0 Å². The van der Waals surface area contributed by atoms with Crippen LogP contribution in [0.5, 0.6) is 0 Å². The summed E-state index contributed by atoms with van der Waals surface area (Å²) in [6.07, 6.45) is 0.993. The highest BCUT2D eigenvalue weighted by atomic mass is 32.2. The van der Waals surface area contributed by atoms with E-state index in [1.54, 1.807) is 12.1 Å². The molecule has 0 radical (unpaired) electrons. The monoisotopic (exact) mass is 354 g/mol. The first-order chi connectivity index (χ1) is 11.6. The van der Waals surface area contributed by atoms with Crippen molar-refractivity contribution < 1.29 is 14.3 Å². The van der Waals surface area contributed by atoms with Gasteiger partial charge in [-0.1, -0.05) is 33.6 Å². The predicted molar refractivity (Wildman–Crippen MR) is 100 cm³/mol. The van der Waals surface area contributed by atoms with E-state index in [1.165, 1.54) is 10.5 Å². The minimum atomic E-state index is -0.911. The van der Waals surface area contributed by atoms with Crippen LogP contribution in [0.2, 0.25) is 0 Å². The molecular formula is C21H22O3S. The Bertz CT molecular complexity index is 878. The Hall–Kier alpha value is -2.12. The van der Waals surface area contributed by atoms with Crippen LogP contribution < -0.4 is 0 Å². The van der Waals surface area contributed by atoms with Gasteiger partial charge in [-0.3, -0.25) is 4.79 Å². The second-order valence-electron chi connectivity index (χ2n) is 7.72. The second kappa shape index (κ2) is 6.31. The lowest BCUT2D eigenvalue weighted by molar-refractivity contribution is -0.136. The number of thioether (sulfide) groups is 1. The maximum Gasteiger partial charge on any atom is 0.311 e. The number of fused-ring (bicyclic) bond motifs is 1. The summed E-state index contributed by atoms with van der Waals surface area (Å²) in [5.74, 6) is 6.12. The molecule has 1 aromatic heterocycles. The van der Waals surface area contributed by atoms with Crippen LogP contribution in [0.4, 0.5) is 0 Å². The summed E-state index contributed by atoms with van der Waals surface area (Å²) in [5.41, 5.74) is 2.40. The Morgan fingerprint density at radius 1 is 1.20 bits per heavy atom. The molecule has 0 saturated carbocycles. The fraction of sp³-hybridized carbons (Fsp3) is 0.381. The van der Waals surface area contributed by atoms with Crippen LogP contribution in [0.15, 0.2) is 39.6 Å². The van der Waals surface area contributed by atoms with Gasteiger partial charge in [-0.25, -0.2) is 0 Å². The standard InChI is InChI=1S/C21H22O3S/c1-20(2)13-21(3,4)25-18-10-6-14(11-17(18)20)5-7-15-8-9-16(24-15)12-19(22)23/h6,8-11H,12-13H2,1-4H3,(H,22,23). The van der Waals surface area contributed by atoms with Gasteiger partial charge in [0.15, 0.2) is 5.76 Å². The first kappa shape index (κ1) is 17.7. The van der Waals surface area contributed by atoms with Crippen molar-refractivity contribution in [1.29, 1.82) is 0 Å². The van der Waals surface area contributed by atoms with Crippen molar-refractivity contribution in [2.75, 3.05) is 0 Å². The minimum Gasteiger partial charge on any atom is -0.481 e. The van der Waals surface area contributed by atoms with Crippen molar-refractivity contribution in [3.8, 4) is 11.8 Å². The van der Waals surface area contributed by atoms with Gasteiger partial charge in [-0.05, 0) is 53.7 Å². The van der Waals surface area contributed by atoms with Crippen LogP contribution >= 0.6 is 11.8 Å². The Morgan fingerprint density at radius 2 is 1.96 bits per heavy atom. The van der Waals surface area contributed by atoms with E-state index < -0.39 is 5.97 Å². The molecule has 0 saturated heterocycles. The second-order valence-corrected chi connectivity index (χ2v) is 9.47. The van der Waals surface area contributed by atoms with E-state index in [9.17, 15) is 4.79 Å². The summed E-state index contributed by atoms with van der Waals surface area (Å²) in [6.45, 7) is 9.16. The third kappa shape index (κ3) is 4.11. The zero-order chi connectivity index (χ0) is 18.2.